The number of aromatic nitrogens is 1. The molecule has 7 nitrogen and oxygen atoms in total. The zero-order valence-electron chi connectivity index (χ0n) is 14.2. The smallest absolute Gasteiger partial charge is 0.258 e. The lowest BCUT2D eigenvalue weighted by molar-refractivity contribution is -0.385. The van der Waals surface area contributed by atoms with Gasteiger partial charge in [-0.15, -0.1) is 11.3 Å². The third-order valence-corrected chi connectivity index (χ3v) is 6.52. The van der Waals surface area contributed by atoms with Crippen molar-refractivity contribution in [1.82, 2.24) is 9.71 Å². The highest BCUT2D eigenvalue weighted by molar-refractivity contribution is 7.89. The maximum Gasteiger partial charge on any atom is 0.275 e. The first-order chi connectivity index (χ1) is 11.4. The topological polar surface area (TPSA) is 102 Å². The van der Waals surface area contributed by atoms with Crippen LogP contribution in [0, 0.1) is 17.0 Å². The summed E-state index contributed by atoms with van der Waals surface area (Å²) in [7, 11) is -3.95. The Balaban J connectivity index is 2.25. The van der Waals surface area contributed by atoms with Crippen molar-refractivity contribution in [2.24, 2.45) is 0 Å². The van der Waals surface area contributed by atoms with Crippen LogP contribution in [-0.2, 0) is 22.0 Å². The van der Waals surface area contributed by atoms with Crippen molar-refractivity contribution in [2.75, 3.05) is 0 Å². The van der Waals surface area contributed by atoms with Crippen molar-refractivity contribution in [3.05, 3.63) is 48.9 Å². The average molecular weight is 404 g/mol. The SMILES string of the molecule is Cc1c(Cl)cc(S(=O)(=O)NCc2csc(C(C)(C)C)n2)cc1[N+](=O)[O-]. The predicted octanol–water partition coefficient (Wildman–Crippen LogP) is 3.79. The molecule has 2 aromatic rings. The molecule has 0 spiro atoms. The van der Waals surface area contributed by atoms with Gasteiger partial charge in [0.2, 0.25) is 10.0 Å². The Morgan fingerprint density at radius 2 is 2.00 bits per heavy atom. The maximum atomic E-state index is 12.4. The van der Waals surface area contributed by atoms with Gasteiger partial charge in [0.15, 0.2) is 0 Å². The van der Waals surface area contributed by atoms with E-state index in [0.29, 0.717) is 5.69 Å². The van der Waals surface area contributed by atoms with Crippen LogP contribution in [0.25, 0.3) is 0 Å². The number of hydrogen-bond donors (Lipinski definition) is 1. The van der Waals surface area contributed by atoms with Gasteiger partial charge in [0, 0.05) is 22.4 Å². The summed E-state index contributed by atoms with van der Waals surface area (Å²) < 4.78 is 27.3. The number of nitro groups is 1. The van der Waals surface area contributed by atoms with E-state index in [9.17, 15) is 18.5 Å². The van der Waals surface area contributed by atoms with E-state index in [1.54, 1.807) is 5.38 Å². The summed E-state index contributed by atoms with van der Waals surface area (Å²) in [5.41, 5.74) is 0.357. The third-order valence-electron chi connectivity index (χ3n) is 3.43. The number of rotatable bonds is 5. The highest BCUT2D eigenvalue weighted by atomic mass is 35.5. The second kappa shape index (κ2) is 6.99. The second-order valence-electron chi connectivity index (χ2n) is 6.52. The zero-order valence-corrected chi connectivity index (χ0v) is 16.5. The summed E-state index contributed by atoms with van der Waals surface area (Å²) in [6, 6.07) is 2.21. The molecule has 0 bridgehead atoms. The summed E-state index contributed by atoms with van der Waals surface area (Å²) in [5.74, 6) is 0. The Bertz CT molecular complexity index is 917. The van der Waals surface area contributed by atoms with Crippen LogP contribution in [0.2, 0.25) is 5.02 Å². The van der Waals surface area contributed by atoms with E-state index >= 15 is 0 Å². The monoisotopic (exact) mass is 403 g/mol. The van der Waals surface area contributed by atoms with Crippen molar-refractivity contribution in [3.63, 3.8) is 0 Å². The minimum Gasteiger partial charge on any atom is -0.258 e. The lowest BCUT2D eigenvalue weighted by Gasteiger charge is -2.13. The van der Waals surface area contributed by atoms with Crippen LogP contribution >= 0.6 is 22.9 Å². The van der Waals surface area contributed by atoms with Crippen LogP contribution in [0.4, 0.5) is 5.69 Å². The standard InChI is InChI=1S/C15H18ClN3O4S2/c1-9-12(16)5-11(6-13(9)19(20)21)25(22,23)17-7-10-8-24-14(18-10)15(2,3)4/h5-6,8,17H,7H2,1-4H3. The van der Waals surface area contributed by atoms with Gasteiger partial charge in [-0.25, -0.2) is 18.1 Å². The summed E-state index contributed by atoms with van der Waals surface area (Å²) in [5, 5.41) is 13.8. The molecular weight excluding hydrogens is 386 g/mol. The van der Waals surface area contributed by atoms with Crippen molar-refractivity contribution in [1.29, 1.82) is 0 Å². The van der Waals surface area contributed by atoms with E-state index in [0.717, 1.165) is 11.1 Å². The van der Waals surface area contributed by atoms with Gasteiger partial charge < -0.3 is 0 Å². The highest BCUT2D eigenvalue weighted by Crippen LogP contribution is 2.30. The number of nitrogens with one attached hydrogen (secondary N) is 1. The Kier molecular flexibility index (Phi) is 5.53. The lowest BCUT2D eigenvalue weighted by atomic mass is 9.98. The normalized spacial score (nSPS) is 12.4. The van der Waals surface area contributed by atoms with Gasteiger partial charge in [0.05, 0.1) is 32.1 Å². The Morgan fingerprint density at radius 1 is 1.36 bits per heavy atom. The zero-order chi connectivity index (χ0) is 19.0. The van der Waals surface area contributed by atoms with Gasteiger partial charge in [-0.05, 0) is 13.0 Å². The molecule has 0 aliphatic heterocycles. The molecule has 1 aromatic carbocycles. The molecule has 0 amide bonds. The van der Waals surface area contributed by atoms with Gasteiger partial charge in [-0.2, -0.15) is 0 Å². The fourth-order valence-electron chi connectivity index (χ4n) is 1.97. The minimum atomic E-state index is -3.95. The van der Waals surface area contributed by atoms with Crippen LogP contribution in [-0.4, -0.2) is 18.3 Å². The van der Waals surface area contributed by atoms with Crippen LogP contribution in [0.3, 0.4) is 0 Å². The fourth-order valence-corrected chi connectivity index (χ4v) is 4.20. The van der Waals surface area contributed by atoms with Crippen molar-refractivity contribution in [3.8, 4) is 0 Å². The largest absolute Gasteiger partial charge is 0.275 e. The first kappa shape index (κ1) is 19.8. The minimum absolute atomic E-state index is 0.00575. The van der Waals surface area contributed by atoms with Crippen molar-refractivity contribution < 1.29 is 13.3 Å². The Labute approximate surface area is 155 Å². The first-order valence-electron chi connectivity index (χ1n) is 7.31. The molecule has 0 fully saturated rings. The van der Waals surface area contributed by atoms with Gasteiger partial charge in [-0.1, -0.05) is 32.4 Å². The molecule has 0 radical (unpaired) electrons. The average Bonchev–Trinajstić information content (AvgIpc) is 2.96. The van der Waals surface area contributed by atoms with E-state index in [1.165, 1.54) is 24.3 Å². The van der Waals surface area contributed by atoms with E-state index in [4.69, 9.17) is 11.6 Å². The van der Waals surface area contributed by atoms with Crippen LogP contribution in [0.5, 0.6) is 0 Å². The van der Waals surface area contributed by atoms with E-state index < -0.39 is 14.9 Å². The highest BCUT2D eigenvalue weighted by Gasteiger charge is 2.23. The number of thiazole rings is 1. The molecule has 0 unspecified atom stereocenters. The number of nitrogens with zero attached hydrogens (tertiary/aromatic N) is 2. The molecule has 0 saturated carbocycles. The molecular formula is C15H18ClN3O4S2. The van der Waals surface area contributed by atoms with Crippen molar-refractivity contribution in [2.45, 2.75) is 44.6 Å². The molecule has 1 N–H and O–H groups in total. The van der Waals surface area contributed by atoms with Gasteiger partial charge in [0.1, 0.15) is 0 Å². The van der Waals surface area contributed by atoms with Crippen LogP contribution < -0.4 is 4.72 Å². The predicted molar refractivity (Wildman–Crippen MR) is 97.7 cm³/mol. The molecule has 0 aliphatic carbocycles. The molecule has 0 saturated heterocycles. The lowest BCUT2D eigenvalue weighted by Crippen LogP contribution is -2.24. The molecule has 10 heteroatoms. The number of hydrogen-bond acceptors (Lipinski definition) is 6. The fraction of sp³-hybridized carbons (Fsp3) is 0.400. The summed E-state index contributed by atoms with van der Waals surface area (Å²) in [4.78, 5) is 14.6. The molecule has 25 heavy (non-hydrogen) atoms. The molecule has 1 heterocycles. The van der Waals surface area contributed by atoms with Gasteiger partial charge in [-0.3, -0.25) is 10.1 Å². The van der Waals surface area contributed by atoms with Crippen molar-refractivity contribution >= 4 is 38.6 Å². The van der Waals surface area contributed by atoms with Gasteiger partial charge >= 0.3 is 0 Å². The van der Waals surface area contributed by atoms with Crippen LogP contribution in [0.1, 0.15) is 37.0 Å². The quantitative estimate of drug-likeness (QED) is 0.604. The summed E-state index contributed by atoms with van der Waals surface area (Å²) in [6.07, 6.45) is 0. The summed E-state index contributed by atoms with van der Waals surface area (Å²) in [6.45, 7) is 7.52. The third kappa shape index (κ3) is 4.55. The molecule has 0 atom stereocenters. The number of nitro benzene ring substituents is 1. The second-order valence-corrected chi connectivity index (χ2v) is 9.56. The van der Waals surface area contributed by atoms with E-state index in [1.807, 2.05) is 20.8 Å². The van der Waals surface area contributed by atoms with Crippen LogP contribution in [0.15, 0.2) is 22.4 Å². The van der Waals surface area contributed by atoms with E-state index in [2.05, 4.69) is 9.71 Å². The molecule has 0 aliphatic rings. The number of benzene rings is 1. The first-order valence-corrected chi connectivity index (χ1v) is 10.0. The Hall–Kier alpha value is -1.55. The number of halogens is 1. The summed E-state index contributed by atoms with van der Waals surface area (Å²) >= 11 is 7.39. The number of sulfonamides is 1. The Morgan fingerprint density at radius 3 is 2.52 bits per heavy atom. The van der Waals surface area contributed by atoms with E-state index in [-0.39, 0.29) is 33.1 Å². The molecule has 2 rings (SSSR count). The molecule has 136 valence electrons. The van der Waals surface area contributed by atoms with Gasteiger partial charge in [0.25, 0.3) is 5.69 Å². The maximum absolute atomic E-state index is 12.4. The molecule has 1 aromatic heterocycles.